The average molecular weight is 390 g/mol. The minimum atomic E-state index is -0.612. The molecule has 0 aliphatic carbocycles. The summed E-state index contributed by atoms with van der Waals surface area (Å²) in [5.41, 5.74) is 7.42. The van der Waals surface area contributed by atoms with Crippen LogP contribution in [0.25, 0.3) is 5.69 Å². The zero-order chi connectivity index (χ0) is 20.6. The SMILES string of the molecule is N#CCOc1cccc(CNC(=O)Nc2cccc(-n3ccc(C(N)=O)n3)c2)c1. The fourth-order valence-electron chi connectivity index (χ4n) is 2.54. The Hall–Kier alpha value is -4.32. The van der Waals surface area contributed by atoms with Crippen LogP contribution in [0.2, 0.25) is 0 Å². The lowest BCUT2D eigenvalue weighted by molar-refractivity contribution is 0.0995. The van der Waals surface area contributed by atoms with E-state index in [0.29, 0.717) is 17.1 Å². The number of anilines is 1. The molecule has 29 heavy (non-hydrogen) atoms. The number of nitrogens with one attached hydrogen (secondary N) is 2. The summed E-state index contributed by atoms with van der Waals surface area (Å²) in [5, 5.41) is 18.2. The van der Waals surface area contributed by atoms with Crippen molar-refractivity contribution in [3.63, 3.8) is 0 Å². The molecule has 0 aliphatic rings. The van der Waals surface area contributed by atoms with Gasteiger partial charge in [0.05, 0.1) is 5.69 Å². The molecule has 9 heteroatoms. The molecule has 4 N–H and O–H groups in total. The molecule has 0 fully saturated rings. The molecule has 1 aromatic heterocycles. The fourth-order valence-corrected chi connectivity index (χ4v) is 2.54. The highest BCUT2D eigenvalue weighted by atomic mass is 16.5. The summed E-state index contributed by atoms with van der Waals surface area (Å²) in [5.74, 6) is -0.0481. The van der Waals surface area contributed by atoms with Gasteiger partial charge < -0.3 is 21.1 Å². The summed E-state index contributed by atoms with van der Waals surface area (Å²) in [4.78, 5) is 23.4. The number of amides is 3. The van der Waals surface area contributed by atoms with Gasteiger partial charge in [0.15, 0.2) is 6.61 Å². The Morgan fingerprint density at radius 1 is 1.17 bits per heavy atom. The van der Waals surface area contributed by atoms with E-state index in [0.717, 1.165) is 5.56 Å². The van der Waals surface area contributed by atoms with Gasteiger partial charge in [0.2, 0.25) is 0 Å². The van der Waals surface area contributed by atoms with Gasteiger partial charge in [-0.2, -0.15) is 10.4 Å². The second-order valence-electron chi connectivity index (χ2n) is 5.96. The van der Waals surface area contributed by atoms with Crippen LogP contribution in [0.15, 0.2) is 60.8 Å². The van der Waals surface area contributed by atoms with Crippen LogP contribution < -0.4 is 21.1 Å². The molecule has 0 unspecified atom stereocenters. The molecule has 0 saturated heterocycles. The number of rotatable bonds is 7. The highest BCUT2D eigenvalue weighted by Crippen LogP contribution is 2.15. The molecule has 0 spiro atoms. The third-order valence-corrected chi connectivity index (χ3v) is 3.86. The number of hydrogen-bond donors (Lipinski definition) is 3. The summed E-state index contributed by atoms with van der Waals surface area (Å²) < 4.78 is 6.74. The number of nitriles is 1. The monoisotopic (exact) mass is 390 g/mol. The first kappa shape index (κ1) is 19.4. The first-order chi connectivity index (χ1) is 14.0. The van der Waals surface area contributed by atoms with Crippen LogP contribution in [0.3, 0.4) is 0 Å². The number of aromatic nitrogens is 2. The maximum absolute atomic E-state index is 12.2. The van der Waals surface area contributed by atoms with Gasteiger partial charge in [-0.25, -0.2) is 9.48 Å². The molecule has 3 aromatic rings. The quantitative estimate of drug-likeness (QED) is 0.568. The summed E-state index contributed by atoms with van der Waals surface area (Å²) >= 11 is 0. The van der Waals surface area contributed by atoms with Gasteiger partial charge in [-0.05, 0) is 42.0 Å². The number of benzene rings is 2. The number of nitrogens with zero attached hydrogens (tertiary/aromatic N) is 3. The van der Waals surface area contributed by atoms with E-state index in [2.05, 4.69) is 15.7 Å². The molecule has 1 heterocycles. The highest BCUT2D eigenvalue weighted by molar-refractivity contribution is 5.91. The Labute approximate surface area is 166 Å². The lowest BCUT2D eigenvalue weighted by Crippen LogP contribution is -2.28. The zero-order valence-corrected chi connectivity index (χ0v) is 15.3. The minimum Gasteiger partial charge on any atom is -0.479 e. The van der Waals surface area contributed by atoms with Crippen molar-refractivity contribution in [1.82, 2.24) is 15.1 Å². The van der Waals surface area contributed by atoms with Crippen LogP contribution in [-0.4, -0.2) is 28.3 Å². The van der Waals surface area contributed by atoms with E-state index in [1.54, 1.807) is 48.7 Å². The summed E-state index contributed by atoms with van der Waals surface area (Å²) in [6, 6.07) is 17.2. The van der Waals surface area contributed by atoms with Gasteiger partial charge in [-0.1, -0.05) is 18.2 Å². The van der Waals surface area contributed by atoms with Gasteiger partial charge in [-0.15, -0.1) is 0 Å². The molecular formula is C20H18N6O3. The third-order valence-electron chi connectivity index (χ3n) is 3.86. The molecule has 3 rings (SSSR count). The number of hydrogen-bond acceptors (Lipinski definition) is 5. The van der Waals surface area contributed by atoms with E-state index in [-0.39, 0.29) is 24.9 Å². The van der Waals surface area contributed by atoms with Crippen molar-refractivity contribution in [2.45, 2.75) is 6.54 Å². The van der Waals surface area contributed by atoms with Crippen molar-refractivity contribution in [3.8, 4) is 17.5 Å². The van der Waals surface area contributed by atoms with Crippen molar-refractivity contribution < 1.29 is 14.3 Å². The Bertz CT molecular complexity index is 1070. The van der Waals surface area contributed by atoms with Gasteiger partial charge in [0, 0.05) is 18.4 Å². The van der Waals surface area contributed by atoms with E-state index in [4.69, 9.17) is 15.7 Å². The van der Waals surface area contributed by atoms with E-state index in [9.17, 15) is 9.59 Å². The second-order valence-corrected chi connectivity index (χ2v) is 5.96. The molecule has 0 bridgehead atoms. The van der Waals surface area contributed by atoms with Crippen molar-refractivity contribution in [2.75, 3.05) is 11.9 Å². The largest absolute Gasteiger partial charge is 0.479 e. The van der Waals surface area contributed by atoms with Crippen molar-refractivity contribution in [2.24, 2.45) is 5.73 Å². The molecule has 0 saturated carbocycles. The Morgan fingerprint density at radius 2 is 2.00 bits per heavy atom. The highest BCUT2D eigenvalue weighted by Gasteiger charge is 2.08. The molecule has 0 radical (unpaired) electrons. The van der Waals surface area contributed by atoms with E-state index >= 15 is 0 Å². The molecular weight excluding hydrogens is 372 g/mol. The number of carbonyl (C=O) groups excluding carboxylic acids is 2. The molecule has 2 aromatic carbocycles. The maximum Gasteiger partial charge on any atom is 0.319 e. The molecule has 146 valence electrons. The standard InChI is InChI=1S/C20H18N6O3/c21-8-10-29-17-6-1-3-14(11-17)13-23-20(28)24-15-4-2-5-16(12-15)26-9-7-18(25-26)19(22)27/h1-7,9,11-12H,10,13H2,(H2,22,27)(H2,23,24,28). The lowest BCUT2D eigenvalue weighted by Gasteiger charge is -2.10. The van der Waals surface area contributed by atoms with Crippen molar-refractivity contribution >= 4 is 17.6 Å². The first-order valence-electron chi connectivity index (χ1n) is 8.64. The Morgan fingerprint density at radius 3 is 2.76 bits per heavy atom. The molecule has 0 aliphatic heterocycles. The van der Waals surface area contributed by atoms with Crippen LogP contribution in [0.5, 0.6) is 5.75 Å². The van der Waals surface area contributed by atoms with Crippen LogP contribution in [0.4, 0.5) is 10.5 Å². The van der Waals surface area contributed by atoms with Crippen molar-refractivity contribution in [3.05, 3.63) is 72.1 Å². The molecule has 9 nitrogen and oxygen atoms in total. The lowest BCUT2D eigenvalue weighted by atomic mass is 10.2. The number of urea groups is 1. The Balaban J connectivity index is 1.59. The predicted molar refractivity (Wildman–Crippen MR) is 105 cm³/mol. The van der Waals surface area contributed by atoms with Gasteiger partial charge >= 0.3 is 6.03 Å². The van der Waals surface area contributed by atoms with Crippen molar-refractivity contribution in [1.29, 1.82) is 5.26 Å². The molecule has 0 atom stereocenters. The van der Waals surface area contributed by atoms with Gasteiger partial charge in [0.1, 0.15) is 17.5 Å². The summed E-state index contributed by atoms with van der Waals surface area (Å²) in [6.45, 7) is 0.251. The molecule has 3 amide bonds. The number of nitrogens with two attached hydrogens (primary N) is 1. The minimum absolute atomic E-state index is 0.0368. The smallest absolute Gasteiger partial charge is 0.319 e. The first-order valence-corrected chi connectivity index (χ1v) is 8.64. The van der Waals surface area contributed by atoms with Crippen LogP contribution >= 0.6 is 0 Å². The zero-order valence-electron chi connectivity index (χ0n) is 15.3. The van der Waals surface area contributed by atoms with E-state index < -0.39 is 5.91 Å². The number of ether oxygens (including phenoxy) is 1. The average Bonchev–Trinajstić information content (AvgIpc) is 3.22. The Kier molecular flexibility index (Phi) is 6.07. The third kappa shape index (κ3) is 5.33. The summed E-state index contributed by atoms with van der Waals surface area (Å²) in [6.07, 6.45) is 1.61. The maximum atomic E-state index is 12.2. The van der Waals surface area contributed by atoms with E-state index in [1.807, 2.05) is 12.1 Å². The van der Waals surface area contributed by atoms with Gasteiger partial charge in [-0.3, -0.25) is 4.79 Å². The van der Waals surface area contributed by atoms with E-state index in [1.165, 1.54) is 10.7 Å². The topological polar surface area (TPSA) is 135 Å². The van der Waals surface area contributed by atoms with Crippen LogP contribution in [0, 0.1) is 11.3 Å². The fraction of sp³-hybridized carbons (Fsp3) is 0.100. The summed E-state index contributed by atoms with van der Waals surface area (Å²) in [7, 11) is 0. The normalized spacial score (nSPS) is 10.0. The van der Waals surface area contributed by atoms with Crippen LogP contribution in [-0.2, 0) is 6.54 Å². The predicted octanol–water partition coefficient (Wildman–Crippen LogP) is 2.20. The second kappa shape index (κ2) is 9.05. The number of primary amides is 1. The van der Waals surface area contributed by atoms with Gasteiger partial charge in [0.25, 0.3) is 5.91 Å². The van der Waals surface area contributed by atoms with Crippen LogP contribution in [0.1, 0.15) is 16.1 Å². The number of carbonyl (C=O) groups is 2.